The number of para-hydroxylation sites is 1. The van der Waals surface area contributed by atoms with Crippen LogP contribution in [0.5, 0.6) is 11.5 Å². The van der Waals surface area contributed by atoms with Crippen LogP contribution in [0, 0.1) is 0 Å². The molecule has 0 atom stereocenters. The Morgan fingerprint density at radius 3 is 2.23 bits per heavy atom. The molecule has 0 aliphatic heterocycles. The van der Waals surface area contributed by atoms with E-state index in [1.165, 1.54) is 18.2 Å². The molecule has 0 radical (unpaired) electrons. The van der Waals surface area contributed by atoms with Crippen molar-refractivity contribution in [1.29, 1.82) is 0 Å². The molecule has 3 rings (SSSR count). The minimum absolute atomic E-state index is 0.0502. The zero-order valence-electron chi connectivity index (χ0n) is 13.5. The second-order valence-corrected chi connectivity index (χ2v) is 5.77. The van der Waals surface area contributed by atoms with Crippen LogP contribution in [0.4, 0.5) is 5.69 Å². The van der Waals surface area contributed by atoms with Gasteiger partial charge in [-0.25, -0.2) is 4.79 Å². The van der Waals surface area contributed by atoms with Crippen molar-refractivity contribution in [3.8, 4) is 11.5 Å². The van der Waals surface area contributed by atoms with Crippen molar-refractivity contribution in [1.82, 2.24) is 0 Å². The highest BCUT2D eigenvalue weighted by Crippen LogP contribution is 2.28. The first kappa shape index (κ1) is 17.5. The average Bonchev–Trinajstić information content (AvgIpc) is 2.63. The molecule has 0 heterocycles. The SMILES string of the molecule is O=C(Nc1cc(Oc2ccccc2)ccc1C(=O)O)c1ccccc1Cl. The summed E-state index contributed by atoms with van der Waals surface area (Å²) in [6.45, 7) is 0. The molecule has 0 saturated carbocycles. The Labute approximate surface area is 154 Å². The number of benzene rings is 3. The van der Waals surface area contributed by atoms with Gasteiger partial charge < -0.3 is 15.2 Å². The highest BCUT2D eigenvalue weighted by Gasteiger charge is 2.16. The van der Waals surface area contributed by atoms with E-state index in [0.717, 1.165) is 0 Å². The zero-order valence-corrected chi connectivity index (χ0v) is 14.2. The lowest BCUT2D eigenvalue weighted by Crippen LogP contribution is -2.15. The third-order valence-corrected chi connectivity index (χ3v) is 3.90. The Morgan fingerprint density at radius 2 is 1.54 bits per heavy atom. The molecule has 0 aromatic heterocycles. The predicted molar refractivity (Wildman–Crippen MR) is 99.3 cm³/mol. The molecule has 1 amide bonds. The fourth-order valence-corrected chi connectivity index (χ4v) is 2.56. The number of ether oxygens (including phenoxy) is 1. The van der Waals surface area contributed by atoms with Crippen molar-refractivity contribution < 1.29 is 19.4 Å². The number of carbonyl (C=O) groups excluding carboxylic acids is 1. The number of rotatable bonds is 5. The summed E-state index contributed by atoms with van der Waals surface area (Å²) in [4.78, 5) is 23.9. The minimum Gasteiger partial charge on any atom is -0.478 e. The van der Waals surface area contributed by atoms with Crippen molar-refractivity contribution in [3.05, 3.63) is 88.9 Å². The summed E-state index contributed by atoms with van der Waals surface area (Å²) in [5, 5.41) is 12.2. The molecule has 0 spiro atoms. The molecular formula is C20H14ClNO4. The van der Waals surface area contributed by atoms with Gasteiger partial charge in [0, 0.05) is 6.07 Å². The van der Waals surface area contributed by atoms with Crippen molar-refractivity contribution in [2.75, 3.05) is 5.32 Å². The first-order chi connectivity index (χ1) is 12.5. The average molecular weight is 368 g/mol. The fourth-order valence-electron chi connectivity index (χ4n) is 2.34. The van der Waals surface area contributed by atoms with Crippen LogP contribution in [0.25, 0.3) is 0 Å². The third-order valence-electron chi connectivity index (χ3n) is 3.57. The number of carboxylic acids is 1. The van der Waals surface area contributed by atoms with Crippen molar-refractivity contribution in [2.24, 2.45) is 0 Å². The maximum absolute atomic E-state index is 12.5. The van der Waals surface area contributed by atoms with Crippen molar-refractivity contribution in [2.45, 2.75) is 0 Å². The van der Waals surface area contributed by atoms with Gasteiger partial charge >= 0.3 is 5.97 Å². The summed E-state index contributed by atoms with van der Waals surface area (Å²) in [7, 11) is 0. The second kappa shape index (κ2) is 7.72. The predicted octanol–water partition coefficient (Wildman–Crippen LogP) is 5.08. The molecule has 0 fully saturated rings. The molecular weight excluding hydrogens is 354 g/mol. The molecule has 3 aromatic carbocycles. The number of hydrogen-bond donors (Lipinski definition) is 2. The van der Waals surface area contributed by atoms with E-state index in [4.69, 9.17) is 16.3 Å². The van der Waals surface area contributed by atoms with Gasteiger partial charge in [0.2, 0.25) is 0 Å². The zero-order chi connectivity index (χ0) is 18.5. The van der Waals surface area contributed by atoms with Crippen molar-refractivity contribution >= 4 is 29.2 Å². The molecule has 3 aromatic rings. The number of hydrogen-bond acceptors (Lipinski definition) is 3. The number of carboxylic acid groups (broad SMARTS) is 1. The molecule has 5 nitrogen and oxygen atoms in total. The maximum atomic E-state index is 12.5. The Bertz CT molecular complexity index is 957. The van der Waals surface area contributed by atoms with Crippen LogP contribution in [0.2, 0.25) is 5.02 Å². The van der Waals surface area contributed by atoms with Gasteiger partial charge in [-0.3, -0.25) is 4.79 Å². The molecule has 26 heavy (non-hydrogen) atoms. The molecule has 0 bridgehead atoms. The van der Waals surface area contributed by atoms with Gasteiger partial charge in [0.1, 0.15) is 11.5 Å². The summed E-state index contributed by atoms with van der Waals surface area (Å²) in [6, 6.07) is 19.9. The summed E-state index contributed by atoms with van der Waals surface area (Å²) in [6.07, 6.45) is 0. The minimum atomic E-state index is -1.16. The first-order valence-corrected chi connectivity index (χ1v) is 8.08. The lowest BCUT2D eigenvalue weighted by Gasteiger charge is -2.12. The number of nitrogens with one attached hydrogen (secondary N) is 1. The van der Waals surface area contributed by atoms with Crippen LogP contribution >= 0.6 is 11.6 Å². The Hall–Kier alpha value is -3.31. The van der Waals surface area contributed by atoms with Crippen LogP contribution in [0.15, 0.2) is 72.8 Å². The van der Waals surface area contributed by atoms with E-state index in [-0.39, 0.29) is 21.8 Å². The van der Waals surface area contributed by atoms with Crippen LogP contribution in [-0.4, -0.2) is 17.0 Å². The largest absolute Gasteiger partial charge is 0.478 e. The number of carbonyl (C=O) groups is 2. The van der Waals surface area contributed by atoms with Crippen LogP contribution < -0.4 is 10.1 Å². The smallest absolute Gasteiger partial charge is 0.337 e. The van der Waals surface area contributed by atoms with E-state index in [0.29, 0.717) is 11.5 Å². The highest BCUT2D eigenvalue weighted by molar-refractivity contribution is 6.34. The number of aromatic carboxylic acids is 1. The topological polar surface area (TPSA) is 75.6 Å². The maximum Gasteiger partial charge on any atom is 0.337 e. The van der Waals surface area contributed by atoms with Gasteiger partial charge in [0.05, 0.1) is 21.8 Å². The van der Waals surface area contributed by atoms with Crippen LogP contribution in [0.3, 0.4) is 0 Å². The second-order valence-electron chi connectivity index (χ2n) is 5.36. The Kier molecular flexibility index (Phi) is 5.20. The van der Waals surface area contributed by atoms with Gasteiger partial charge in [-0.2, -0.15) is 0 Å². The van der Waals surface area contributed by atoms with Crippen LogP contribution in [0.1, 0.15) is 20.7 Å². The fraction of sp³-hybridized carbons (Fsp3) is 0. The van der Waals surface area contributed by atoms with Crippen molar-refractivity contribution in [3.63, 3.8) is 0 Å². The Morgan fingerprint density at radius 1 is 0.846 bits per heavy atom. The summed E-state index contributed by atoms with van der Waals surface area (Å²) >= 11 is 6.02. The van der Waals surface area contributed by atoms with E-state index < -0.39 is 11.9 Å². The third kappa shape index (κ3) is 4.02. The molecule has 0 aliphatic carbocycles. The standard InChI is InChI=1S/C20H14ClNO4/c21-17-9-5-4-8-15(17)19(23)22-18-12-14(10-11-16(18)20(24)25)26-13-6-2-1-3-7-13/h1-12H,(H,22,23)(H,24,25). The molecule has 130 valence electrons. The molecule has 0 saturated heterocycles. The number of halogens is 1. The summed E-state index contributed by atoms with van der Waals surface area (Å²) < 4.78 is 5.69. The monoisotopic (exact) mass is 367 g/mol. The number of amides is 1. The molecule has 0 aliphatic rings. The van der Waals surface area contributed by atoms with E-state index in [1.807, 2.05) is 18.2 Å². The van der Waals surface area contributed by atoms with E-state index in [1.54, 1.807) is 36.4 Å². The van der Waals surface area contributed by atoms with Gasteiger partial charge in [-0.15, -0.1) is 0 Å². The number of anilines is 1. The summed E-state index contributed by atoms with van der Waals surface area (Å²) in [5.41, 5.74) is 0.321. The molecule has 6 heteroatoms. The van der Waals surface area contributed by atoms with Gasteiger partial charge in [0.15, 0.2) is 0 Å². The normalized spacial score (nSPS) is 10.2. The quantitative estimate of drug-likeness (QED) is 0.659. The van der Waals surface area contributed by atoms with E-state index in [9.17, 15) is 14.7 Å². The van der Waals surface area contributed by atoms with E-state index in [2.05, 4.69) is 5.32 Å². The van der Waals surface area contributed by atoms with Gasteiger partial charge in [-0.05, 0) is 36.4 Å². The highest BCUT2D eigenvalue weighted by atomic mass is 35.5. The van der Waals surface area contributed by atoms with E-state index >= 15 is 0 Å². The lowest BCUT2D eigenvalue weighted by molar-refractivity contribution is 0.0698. The lowest BCUT2D eigenvalue weighted by atomic mass is 10.1. The summed E-state index contributed by atoms with van der Waals surface area (Å²) in [5.74, 6) is -0.671. The molecule has 0 unspecified atom stereocenters. The van der Waals surface area contributed by atoms with Gasteiger partial charge in [-0.1, -0.05) is 41.9 Å². The van der Waals surface area contributed by atoms with Crippen LogP contribution in [-0.2, 0) is 0 Å². The Balaban J connectivity index is 1.91. The van der Waals surface area contributed by atoms with Gasteiger partial charge in [0.25, 0.3) is 5.91 Å². The molecule has 2 N–H and O–H groups in total. The first-order valence-electron chi connectivity index (χ1n) is 7.71.